The number of nitrogens with zero attached hydrogens (tertiary/aromatic N) is 2. The van der Waals surface area contributed by atoms with Crippen molar-refractivity contribution in [2.24, 2.45) is 5.92 Å². The lowest BCUT2D eigenvalue weighted by Gasteiger charge is -2.44. The smallest absolute Gasteiger partial charge is 0.416 e. The normalized spacial score (nSPS) is 18.1. The van der Waals surface area contributed by atoms with E-state index in [1.165, 1.54) is 17.0 Å². The Morgan fingerprint density at radius 1 is 1.05 bits per heavy atom. The third-order valence-corrected chi connectivity index (χ3v) is 7.85. The Morgan fingerprint density at radius 2 is 1.71 bits per heavy atom. The minimum atomic E-state index is -4.45. The van der Waals surface area contributed by atoms with Crippen LogP contribution in [0.5, 0.6) is 11.5 Å². The predicted octanol–water partition coefficient (Wildman–Crippen LogP) is 3.20. The van der Waals surface area contributed by atoms with Crippen molar-refractivity contribution in [3.63, 3.8) is 0 Å². The summed E-state index contributed by atoms with van der Waals surface area (Å²) in [6.45, 7) is 0.724. The fourth-order valence-electron chi connectivity index (χ4n) is 4.89. The number of hydrogen-bond donors (Lipinski definition) is 1. The minimum Gasteiger partial charge on any atom is -0.457 e. The van der Waals surface area contributed by atoms with Crippen LogP contribution in [-0.2, 0) is 32.0 Å². The van der Waals surface area contributed by atoms with Crippen LogP contribution in [-0.4, -0.2) is 73.4 Å². The summed E-state index contributed by atoms with van der Waals surface area (Å²) in [7, 11) is -3.33. The number of hydrogen-bond acceptors (Lipinski definition) is 6. The highest BCUT2D eigenvalue weighted by Gasteiger charge is 2.38. The average Bonchev–Trinajstić information content (AvgIpc) is 2.83. The molecule has 0 aliphatic carbocycles. The summed E-state index contributed by atoms with van der Waals surface area (Å²) in [5.74, 6) is -0.220. The second-order valence-corrected chi connectivity index (χ2v) is 12.0. The van der Waals surface area contributed by atoms with E-state index in [2.05, 4.69) is 0 Å². The lowest BCUT2D eigenvalue weighted by molar-refractivity contribution is -0.142. The van der Waals surface area contributed by atoms with Crippen LogP contribution < -0.4 is 4.74 Å². The molecule has 1 fully saturated rings. The Kier molecular flexibility index (Phi) is 8.03. The highest BCUT2D eigenvalue weighted by molar-refractivity contribution is 7.90. The van der Waals surface area contributed by atoms with E-state index in [-0.39, 0.29) is 35.7 Å². The first-order valence-corrected chi connectivity index (χ1v) is 14.2. The number of fused-ring (bicyclic) bond motifs is 1. The van der Waals surface area contributed by atoms with Gasteiger partial charge in [-0.05, 0) is 66.3 Å². The molecule has 0 spiro atoms. The van der Waals surface area contributed by atoms with Crippen molar-refractivity contribution >= 4 is 21.7 Å². The van der Waals surface area contributed by atoms with Gasteiger partial charge in [-0.2, -0.15) is 13.2 Å². The molecule has 0 saturated carbocycles. The van der Waals surface area contributed by atoms with Crippen LogP contribution in [0.3, 0.4) is 0 Å². The summed E-state index contributed by atoms with van der Waals surface area (Å²) in [6.07, 6.45) is -2.45. The zero-order chi connectivity index (χ0) is 27.7. The molecular weight excluding hydrogens is 525 g/mol. The maximum atomic E-state index is 13.1. The predicted molar refractivity (Wildman–Crippen MR) is 132 cm³/mol. The van der Waals surface area contributed by atoms with Crippen molar-refractivity contribution in [1.82, 2.24) is 9.80 Å². The summed E-state index contributed by atoms with van der Waals surface area (Å²) < 4.78 is 67.8. The Morgan fingerprint density at radius 3 is 2.32 bits per heavy atom. The summed E-state index contributed by atoms with van der Waals surface area (Å²) in [5.41, 5.74) is 1.03. The second kappa shape index (κ2) is 10.9. The van der Waals surface area contributed by atoms with Gasteiger partial charge >= 0.3 is 6.18 Å². The van der Waals surface area contributed by atoms with Crippen LogP contribution in [0.15, 0.2) is 42.5 Å². The van der Waals surface area contributed by atoms with Crippen molar-refractivity contribution < 1.29 is 41.0 Å². The SMILES string of the molecule is CS(=O)(=O)CCC(=O)N1CCc2ccc(Oc3ccc(C(F)(F)F)cc3)cc2C1CC1CN(C(=O)CO)C1. The average molecular weight is 555 g/mol. The number of likely N-dealkylation sites (tertiary alicyclic amines) is 1. The monoisotopic (exact) mass is 554 g/mol. The lowest BCUT2D eigenvalue weighted by atomic mass is 9.83. The van der Waals surface area contributed by atoms with Gasteiger partial charge in [0.1, 0.15) is 27.9 Å². The van der Waals surface area contributed by atoms with Crippen LogP contribution in [0.2, 0.25) is 0 Å². The molecule has 1 N–H and O–H groups in total. The molecule has 1 saturated heterocycles. The number of rotatable bonds is 8. The molecule has 1 atom stereocenters. The van der Waals surface area contributed by atoms with E-state index in [4.69, 9.17) is 9.84 Å². The Bertz CT molecular complexity index is 1290. The van der Waals surface area contributed by atoms with Gasteiger partial charge in [0.15, 0.2) is 0 Å². The van der Waals surface area contributed by atoms with Crippen LogP contribution in [0, 0.1) is 5.92 Å². The molecule has 0 bridgehead atoms. The summed E-state index contributed by atoms with van der Waals surface area (Å²) in [5, 5.41) is 9.09. The van der Waals surface area contributed by atoms with Gasteiger partial charge in [-0.15, -0.1) is 0 Å². The highest BCUT2D eigenvalue weighted by atomic mass is 32.2. The van der Waals surface area contributed by atoms with Gasteiger partial charge in [0.05, 0.1) is 17.4 Å². The molecule has 2 aliphatic heterocycles. The number of halogens is 3. The molecule has 38 heavy (non-hydrogen) atoms. The van der Waals surface area contributed by atoms with E-state index in [0.717, 1.165) is 29.5 Å². The minimum absolute atomic E-state index is 0.0751. The molecule has 2 aromatic rings. The van der Waals surface area contributed by atoms with Gasteiger partial charge < -0.3 is 19.6 Å². The Labute approximate surface area is 218 Å². The molecule has 206 valence electrons. The number of ether oxygens (including phenoxy) is 1. The van der Waals surface area contributed by atoms with Gasteiger partial charge in [0, 0.05) is 32.3 Å². The second-order valence-electron chi connectivity index (χ2n) is 9.78. The number of benzene rings is 2. The molecule has 4 rings (SSSR count). The Balaban J connectivity index is 1.57. The van der Waals surface area contributed by atoms with E-state index in [0.29, 0.717) is 38.2 Å². The zero-order valence-electron chi connectivity index (χ0n) is 20.8. The molecule has 8 nitrogen and oxygen atoms in total. The van der Waals surface area contributed by atoms with Crippen LogP contribution in [0.1, 0.15) is 35.6 Å². The van der Waals surface area contributed by atoms with E-state index in [9.17, 15) is 31.2 Å². The fraction of sp³-hybridized carbons (Fsp3) is 0.462. The third kappa shape index (κ3) is 6.65. The van der Waals surface area contributed by atoms with E-state index < -0.39 is 34.2 Å². The molecule has 2 amide bonds. The molecule has 1 unspecified atom stereocenters. The van der Waals surface area contributed by atoms with Crippen molar-refractivity contribution in [3.8, 4) is 11.5 Å². The standard InChI is InChI=1S/C26H29F3N2O6S/c1-38(35,36)11-9-24(33)31-10-8-18-2-5-21(37-20-6-3-19(4-7-20)26(27,28)29)13-22(18)23(31)12-17-14-30(15-17)25(34)16-32/h2-7,13,17,23,32H,8-12,14-16H2,1H3. The van der Waals surface area contributed by atoms with Gasteiger partial charge in [-0.25, -0.2) is 8.42 Å². The van der Waals surface area contributed by atoms with Crippen LogP contribution in [0.4, 0.5) is 13.2 Å². The number of aliphatic hydroxyl groups excluding tert-OH is 1. The maximum absolute atomic E-state index is 13.1. The highest BCUT2D eigenvalue weighted by Crippen LogP contribution is 2.40. The summed E-state index contributed by atoms with van der Waals surface area (Å²) in [6, 6.07) is 9.32. The number of alkyl halides is 3. The quantitative estimate of drug-likeness (QED) is 0.538. The van der Waals surface area contributed by atoms with Crippen molar-refractivity contribution in [1.29, 1.82) is 0 Å². The first kappa shape index (κ1) is 27.9. The number of sulfone groups is 1. The summed E-state index contributed by atoms with van der Waals surface area (Å²) >= 11 is 0. The molecule has 12 heteroatoms. The lowest BCUT2D eigenvalue weighted by Crippen LogP contribution is -2.52. The number of carbonyl (C=O) groups excluding carboxylic acids is 2. The molecule has 2 aliphatic rings. The molecular formula is C26H29F3N2O6S. The Hall–Kier alpha value is -3.12. The number of amides is 2. The van der Waals surface area contributed by atoms with Crippen molar-refractivity contribution in [2.75, 3.05) is 38.2 Å². The van der Waals surface area contributed by atoms with Gasteiger partial charge in [0.2, 0.25) is 11.8 Å². The number of aliphatic hydroxyl groups is 1. The topological polar surface area (TPSA) is 104 Å². The molecule has 0 aromatic heterocycles. The van der Waals surface area contributed by atoms with E-state index >= 15 is 0 Å². The zero-order valence-corrected chi connectivity index (χ0v) is 21.6. The van der Waals surface area contributed by atoms with Crippen LogP contribution in [0.25, 0.3) is 0 Å². The molecule has 2 heterocycles. The van der Waals surface area contributed by atoms with Crippen molar-refractivity contribution in [2.45, 2.75) is 31.5 Å². The van der Waals surface area contributed by atoms with E-state index in [1.54, 1.807) is 17.0 Å². The maximum Gasteiger partial charge on any atom is 0.416 e. The van der Waals surface area contributed by atoms with Gasteiger partial charge in [-0.3, -0.25) is 9.59 Å². The first-order chi connectivity index (χ1) is 17.8. The summed E-state index contributed by atoms with van der Waals surface area (Å²) in [4.78, 5) is 28.1. The first-order valence-electron chi connectivity index (χ1n) is 12.2. The van der Waals surface area contributed by atoms with Crippen molar-refractivity contribution in [3.05, 3.63) is 59.2 Å². The van der Waals surface area contributed by atoms with E-state index in [1.807, 2.05) is 6.07 Å². The fourth-order valence-corrected chi connectivity index (χ4v) is 5.44. The van der Waals surface area contributed by atoms with Gasteiger partial charge in [0.25, 0.3) is 0 Å². The number of carbonyl (C=O) groups is 2. The van der Waals surface area contributed by atoms with Crippen LogP contribution >= 0.6 is 0 Å². The largest absolute Gasteiger partial charge is 0.457 e. The van der Waals surface area contributed by atoms with Gasteiger partial charge in [-0.1, -0.05) is 6.07 Å². The third-order valence-electron chi connectivity index (χ3n) is 6.90. The molecule has 0 radical (unpaired) electrons. The molecule has 2 aromatic carbocycles.